The lowest BCUT2D eigenvalue weighted by Crippen LogP contribution is -2.34. The topological polar surface area (TPSA) is 48.1 Å². The van der Waals surface area contributed by atoms with Gasteiger partial charge in [-0.2, -0.15) is 0 Å². The minimum atomic E-state index is -0.00876. The predicted octanol–water partition coefficient (Wildman–Crippen LogP) is 5.01. The van der Waals surface area contributed by atoms with E-state index in [1.165, 1.54) is 48.9 Å². The lowest BCUT2D eigenvalue weighted by atomic mass is 9.93. The highest BCUT2D eigenvalue weighted by Gasteiger charge is 2.20. The van der Waals surface area contributed by atoms with Gasteiger partial charge in [0.25, 0.3) is 5.56 Å². The molecule has 0 aliphatic heterocycles. The summed E-state index contributed by atoms with van der Waals surface area (Å²) in [7, 11) is 2.20. The van der Waals surface area contributed by atoms with E-state index in [-0.39, 0.29) is 5.56 Å². The van der Waals surface area contributed by atoms with Crippen LogP contribution in [0.4, 0.5) is 5.69 Å². The highest BCUT2D eigenvalue weighted by Crippen LogP contribution is 2.32. The van der Waals surface area contributed by atoms with E-state index >= 15 is 0 Å². The normalized spacial score (nSPS) is 15.0. The van der Waals surface area contributed by atoms with E-state index in [0.717, 1.165) is 21.8 Å². The van der Waals surface area contributed by atoms with Crippen LogP contribution >= 0.6 is 11.6 Å². The zero-order valence-electron chi connectivity index (χ0n) is 17.5. The molecule has 0 bridgehead atoms. The van der Waals surface area contributed by atoms with Crippen LogP contribution in [0.5, 0.6) is 0 Å². The van der Waals surface area contributed by atoms with Crippen molar-refractivity contribution in [3.05, 3.63) is 61.5 Å². The molecule has 28 heavy (non-hydrogen) atoms. The number of anilines is 1. The lowest BCUT2D eigenvalue weighted by Gasteiger charge is -2.34. The molecule has 5 heteroatoms. The predicted molar refractivity (Wildman–Crippen MR) is 119 cm³/mol. The second kappa shape index (κ2) is 9.15. The molecule has 0 spiro atoms. The van der Waals surface area contributed by atoms with E-state index in [9.17, 15) is 4.79 Å². The first-order valence-electron chi connectivity index (χ1n) is 10.3. The number of hydrogen-bond donors (Lipinski definition) is 2. The third-order valence-electron chi connectivity index (χ3n) is 6.07. The molecule has 4 nitrogen and oxygen atoms in total. The van der Waals surface area contributed by atoms with Crippen molar-refractivity contribution in [1.29, 1.82) is 0 Å². The molecule has 0 unspecified atom stereocenters. The van der Waals surface area contributed by atoms with E-state index in [1.54, 1.807) is 0 Å². The third-order valence-corrected chi connectivity index (χ3v) is 6.28. The summed E-state index contributed by atoms with van der Waals surface area (Å²) in [6.45, 7) is 7.30. The number of aryl methyl sites for hydroxylation is 2. The molecular weight excluding hydrogens is 370 g/mol. The van der Waals surface area contributed by atoms with Crippen LogP contribution in [0, 0.1) is 20.8 Å². The van der Waals surface area contributed by atoms with E-state index in [2.05, 4.69) is 35.2 Å². The summed E-state index contributed by atoms with van der Waals surface area (Å²) in [5.74, 6) is 0. The van der Waals surface area contributed by atoms with Gasteiger partial charge in [-0.25, -0.2) is 0 Å². The van der Waals surface area contributed by atoms with Gasteiger partial charge in [0.15, 0.2) is 0 Å². The summed E-state index contributed by atoms with van der Waals surface area (Å²) < 4.78 is 0. The molecule has 3 rings (SSSR count). The number of rotatable bonds is 6. The second-order valence-corrected chi connectivity index (χ2v) is 8.59. The molecule has 152 valence electrons. The molecule has 0 radical (unpaired) electrons. The third kappa shape index (κ3) is 4.79. The molecule has 2 aromatic rings. The molecule has 1 saturated carbocycles. The summed E-state index contributed by atoms with van der Waals surface area (Å²) in [6.07, 6.45) is 6.49. The fourth-order valence-electron chi connectivity index (χ4n) is 4.36. The fourth-order valence-corrected chi connectivity index (χ4v) is 4.59. The zero-order chi connectivity index (χ0) is 20.3. The Hall–Kier alpha value is -1.78. The highest BCUT2D eigenvalue weighted by atomic mass is 35.5. The van der Waals surface area contributed by atoms with Gasteiger partial charge in [0.05, 0.1) is 0 Å². The first kappa shape index (κ1) is 20.9. The van der Waals surface area contributed by atoms with Crippen LogP contribution in [-0.2, 0) is 13.1 Å². The van der Waals surface area contributed by atoms with Crippen LogP contribution in [0.2, 0.25) is 5.02 Å². The zero-order valence-corrected chi connectivity index (χ0v) is 18.2. The maximum absolute atomic E-state index is 12.2. The van der Waals surface area contributed by atoms with Gasteiger partial charge in [0.1, 0.15) is 0 Å². The summed E-state index contributed by atoms with van der Waals surface area (Å²) >= 11 is 6.46. The molecule has 1 aliphatic rings. The summed E-state index contributed by atoms with van der Waals surface area (Å²) in [6, 6.07) is 6.74. The Morgan fingerprint density at radius 2 is 1.82 bits per heavy atom. The number of pyridine rings is 1. The molecule has 1 aromatic heterocycles. The molecule has 0 atom stereocenters. The van der Waals surface area contributed by atoms with Gasteiger partial charge in [0.2, 0.25) is 0 Å². The van der Waals surface area contributed by atoms with Crippen molar-refractivity contribution >= 4 is 17.3 Å². The SMILES string of the molecule is Cc1cc(C)c(CNCc2cc(Cl)cc(N(C)C3CCCCC3)c2C)c(=O)[nH]1. The van der Waals surface area contributed by atoms with E-state index < -0.39 is 0 Å². The van der Waals surface area contributed by atoms with Gasteiger partial charge >= 0.3 is 0 Å². The van der Waals surface area contributed by atoms with Gasteiger partial charge < -0.3 is 15.2 Å². The Morgan fingerprint density at radius 3 is 2.50 bits per heavy atom. The standard InChI is InChI=1S/C23H32ClN3O/c1-15-10-16(2)26-23(28)21(15)14-25-13-18-11-19(24)12-22(17(18)3)27(4)20-8-6-5-7-9-20/h10-12,20,25H,5-9,13-14H2,1-4H3,(H,26,28). The van der Waals surface area contributed by atoms with Crippen molar-refractivity contribution in [2.45, 2.75) is 72.0 Å². The Labute approximate surface area is 173 Å². The van der Waals surface area contributed by atoms with Gasteiger partial charge in [-0.05, 0) is 68.5 Å². The Kier molecular flexibility index (Phi) is 6.84. The Morgan fingerprint density at radius 1 is 1.11 bits per heavy atom. The molecule has 2 N–H and O–H groups in total. The van der Waals surface area contributed by atoms with E-state index in [4.69, 9.17) is 11.6 Å². The first-order chi connectivity index (χ1) is 13.4. The lowest BCUT2D eigenvalue weighted by molar-refractivity contribution is 0.427. The van der Waals surface area contributed by atoms with Crippen molar-refractivity contribution in [3.63, 3.8) is 0 Å². The van der Waals surface area contributed by atoms with Crippen LogP contribution < -0.4 is 15.8 Å². The second-order valence-electron chi connectivity index (χ2n) is 8.16. The molecule has 1 heterocycles. The number of nitrogens with zero attached hydrogens (tertiary/aromatic N) is 1. The maximum atomic E-state index is 12.2. The molecular formula is C23H32ClN3O. The quantitative estimate of drug-likeness (QED) is 0.715. The van der Waals surface area contributed by atoms with E-state index in [1.807, 2.05) is 26.0 Å². The van der Waals surface area contributed by atoms with Gasteiger partial charge in [-0.1, -0.05) is 30.9 Å². The van der Waals surface area contributed by atoms with Crippen LogP contribution in [-0.4, -0.2) is 18.1 Å². The summed E-state index contributed by atoms with van der Waals surface area (Å²) in [5.41, 5.74) is 6.38. The summed E-state index contributed by atoms with van der Waals surface area (Å²) in [5, 5.41) is 4.20. The Balaban J connectivity index is 1.74. The minimum absolute atomic E-state index is 0.00876. The molecule has 1 fully saturated rings. The van der Waals surface area contributed by atoms with Gasteiger partial charge in [-0.3, -0.25) is 4.79 Å². The number of hydrogen-bond acceptors (Lipinski definition) is 3. The van der Waals surface area contributed by atoms with Crippen molar-refractivity contribution < 1.29 is 0 Å². The maximum Gasteiger partial charge on any atom is 0.252 e. The number of H-pyrrole nitrogens is 1. The van der Waals surface area contributed by atoms with Crippen LogP contribution in [0.15, 0.2) is 23.0 Å². The monoisotopic (exact) mass is 401 g/mol. The smallest absolute Gasteiger partial charge is 0.252 e. The van der Waals surface area contributed by atoms with Crippen molar-refractivity contribution in [3.8, 4) is 0 Å². The van der Waals surface area contributed by atoms with Crippen LogP contribution in [0.3, 0.4) is 0 Å². The largest absolute Gasteiger partial charge is 0.371 e. The molecule has 1 aromatic carbocycles. The van der Waals surface area contributed by atoms with Crippen LogP contribution in [0.25, 0.3) is 0 Å². The fraction of sp³-hybridized carbons (Fsp3) is 0.522. The van der Waals surface area contributed by atoms with E-state index in [0.29, 0.717) is 19.1 Å². The van der Waals surface area contributed by atoms with Gasteiger partial charge in [0, 0.05) is 48.1 Å². The molecule has 0 saturated heterocycles. The van der Waals surface area contributed by atoms with Gasteiger partial charge in [-0.15, -0.1) is 0 Å². The van der Waals surface area contributed by atoms with Crippen molar-refractivity contribution in [1.82, 2.24) is 10.3 Å². The molecule has 1 aliphatic carbocycles. The van der Waals surface area contributed by atoms with Crippen LogP contribution in [0.1, 0.15) is 60.1 Å². The number of aromatic amines is 1. The molecule has 0 amide bonds. The van der Waals surface area contributed by atoms with Crippen molar-refractivity contribution in [2.24, 2.45) is 0 Å². The number of halogens is 1. The number of aromatic nitrogens is 1. The Bertz CT molecular complexity index is 884. The average molecular weight is 402 g/mol. The van der Waals surface area contributed by atoms with Crippen molar-refractivity contribution in [2.75, 3.05) is 11.9 Å². The average Bonchev–Trinajstić information content (AvgIpc) is 2.66. The first-order valence-corrected chi connectivity index (χ1v) is 10.7. The number of nitrogens with one attached hydrogen (secondary N) is 2. The minimum Gasteiger partial charge on any atom is -0.371 e. The summed E-state index contributed by atoms with van der Waals surface area (Å²) in [4.78, 5) is 17.5. The number of benzene rings is 1. The highest BCUT2D eigenvalue weighted by molar-refractivity contribution is 6.31.